The molecule has 0 aliphatic carbocycles. The number of nitriles is 1. The Morgan fingerprint density at radius 1 is 1.03 bits per heavy atom. The van der Waals surface area contributed by atoms with Crippen molar-refractivity contribution in [3.8, 4) is 11.8 Å². The van der Waals surface area contributed by atoms with Gasteiger partial charge in [0.2, 0.25) is 0 Å². The van der Waals surface area contributed by atoms with Crippen LogP contribution in [0.3, 0.4) is 0 Å². The van der Waals surface area contributed by atoms with E-state index in [4.69, 9.17) is 16.3 Å². The van der Waals surface area contributed by atoms with Crippen LogP contribution in [-0.2, 0) is 11.4 Å². The molecule has 0 saturated carbocycles. The van der Waals surface area contributed by atoms with Gasteiger partial charge in [-0.05, 0) is 61.7 Å². The van der Waals surface area contributed by atoms with E-state index in [0.717, 1.165) is 16.7 Å². The number of anilines is 1. The van der Waals surface area contributed by atoms with E-state index in [1.807, 2.05) is 69.3 Å². The van der Waals surface area contributed by atoms with Gasteiger partial charge in [0.25, 0.3) is 5.91 Å². The number of amides is 1. The van der Waals surface area contributed by atoms with Crippen LogP contribution in [0.25, 0.3) is 6.08 Å². The Balaban J connectivity index is 1.71. The molecule has 1 N–H and O–H groups in total. The number of carbonyl (C=O) groups is 1. The first kappa shape index (κ1) is 22.1. The molecule has 0 fully saturated rings. The Kier molecular flexibility index (Phi) is 7.12. The smallest absolute Gasteiger partial charge is 0.266 e. The van der Waals surface area contributed by atoms with Gasteiger partial charge in [0.1, 0.15) is 24.0 Å². The number of carbonyl (C=O) groups excluding carboxylic acids is 1. The fourth-order valence-corrected chi connectivity index (χ4v) is 3.27. The van der Waals surface area contributed by atoms with Crippen molar-refractivity contribution < 1.29 is 9.53 Å². The summed E-state index contributed by atoms with van der Waals surface area (Å²) in [5, 5.41) is 12.7. The van der Waals surface area contributed by atoms with Gasteiger partial charge in [-0.15, -0.1) is 0 Å². The normalized spacial score (nSPS) is 11.0. The lowest BCUT2D eigenvalue weighted by Crippen LogP contribution is -2.14. The first-order valence-corrected chi connectivity index (χ1v) is 10.2. The predicted molar refractivity (Wildman–Crippen MR) is 125 cm³/mol. The molecular formula is C26H23ClN2O2. The van der Waals surface area contributed by atoms with E-state index in [2.05, 4.69) is 5.32 Å². The molecule has 0 saturated heterocycles. The summed E-state index contributed by atoms with van der Waals surface area (Å²) in [5.74, 6) is 0.0721. The molecule has 0 aliphatic rings. The summed E-state index contributed by atoms with van der Waals surface area (Å²) in [6, 6.07) is 20.9. The molecule has 0 unspecified atom stereocenters. The lowest BCUT2D eigenvalue weighted by atomic mass is 10.1. The zero-order chi connectivity index (χ0) is 22.4. The second kappa shape index (κ2) is 9.97. The molecule has 0 heterocycles. The molecule has 3 aromatic carbocycles. The Morgan fingerprint density at radius 3 is 2.39 bits per heavy atom. The third kappa shape index (κ3) is 5.97. The monoisotopic (exact) mass is 430 g/mol. The average Bonchev–Trinajstić information content (AvgIpc) is 2.74. The third-order valence-electron chi connectivity index (χ3n) is 4.78. The van der Waals surface area contributed by atoms with E-state index in [-0.39, 0.29) is 5.57 Å². The van der Waals surface area contributed by atoms with Crippen molar-refractivity contribution in [3.63, 3.8) is 0 Å². The standard InChI is InChI=1S/C26H23ClN2O2/c1-17-4-7-20(8-5-17)16-31-25-11-9-21(14-23(25)27)13-22(15-28)26(30)29-24-10-6-18(2)12-19(24)3/h4-14H,16H2,1-3H3,(H,29,30)/b22-13+. The van der Waals surface area contributed by atoms with Gasteiger partial charge < -0.3 is 10.1 Å². The van der Waals surface area contributed by atoms with Crippen molar-refractivity contribution in [1.82, 2.24) is 0 Å². The zero-order valence-electron chi connectivity index (χ0n) is 17.7. The molecule has 3 rings (SSSR count). The van der Waals surface area contributed by atoms with E-state index in [0.29, 0.717) is 28.6 Å². The van der Waals surface area contributed by atoms with Crippen molar-refractivity contribution in [2.75, 3.05) is 5.32 Å². The minimum Gasteiger partial charge on any atom is -0.487 e. The Morgan fingerprint density at radius 2 is 1.74 bits per heavy atom. The minimum atomic E-state index is -0.467. The maximum absolute atomic E-state index is 12.6. The Labute approximate surface area is 187 Å². The SMILES string of the molecule is Cc1ccc(COc2ccc(/C=C(\C#N)C(=O)Nc3ccc(C)cc3C)cc2Cl)cc1. The molecule has 0 aromatic heterocycles. The summed E-state index contributed by atoms with van der Waals surface area (Å²) in [7, 11) is 0. The molecule has 0 spiro atoms. The highest BCUT2D eigenvalue weighted by molar-refractivity contribution is 6.32. The number of rotatable bonds is 6. The van der Waals surface area contributed by atoms with E-state index >= 15 is 0 Å². The molecular weight excluding hydrogens is 408 g/mol. The Bertz CT molecular complexity index is 1180. The fourth-order valence-electron chi connectivity index (χ4n) is 3.03. The van der Waals surface area contributed by atoms with Crippen molar-refractivity contribution >= 4 is 29.3 Å². The summed E-state index contributed by atoms with van der Waals surface area (Å²) in [4.78, 5) is 12.6. The third-order valence-corrected chi connectivity index (χ3v) is 5.07. The van der Waals surface area contributed by atoms with Crippen LogP contribution in [0.5, 0.6) is 5.75 Å². The van der Waals surface area contributed by atoms with Gasteiger partial charge in [0, 0.05) is 5.69 Å². The second-order valence-electron chi connectivity index (χ2n) is 7.41. The molecule has 4 nitrogen and oxygen atoms in total. The van der Waals surface area contributed by atoms with Gasteiger partial charge in [-0.2, -0.15) is 5.26 Å². The van der Waals surface area contributed by atoms with Crippen molar-refractivity contribution in [1.29, 1.82) is 5.26 Å². The van der Waals surface area contributed by atoms with Crippen LogP contribution in [0.15, 0.2) is 66.2 Å². The van der Waals surface area contributed by atoms with Gasteiger partial charge in [-0.25, -0.2) is 0 Å². The largest absolute Gasteiger partial charge is 0.487 e. The molecule has 0 bridgehead atoms. The lowest BCUT2D eigenvalue weighted by Gasteiger charge is -2.10. The molecule has 1 amide bonds. The van der Waals surface area contributed by atoms with Crippen LogP contribution in [0, 0.1) is 32.1 Å². The number of halogens is 1. The molecule has 5 heteroatoms. The first-order valence-electron chi connectivity index (χ1n) is 9.84. The van der Waals surface area contributed by atoms with Crippen molar-refractivity contribution in [3.05, 3.63) is 99.1 Å². The van der Waals surface area contributed by atoms with E-state index in [1.165, 1.54) is 11.6 Å². The van der Waals surface area contributed by atoms with E-state index < -0.39 is 5.91 Å². The molecule has 0 aliphatic heterocycles. The molecule has 31 heavy (non-hydrogen) atoms. The predicted octanol–water partition coefficient (Wildman–Crippen LogP) is 6.39. The second-order valence-corrected chi connectivity index (χ2v) is 7.81. The number of nitrogens with zero attached hydrogens (tertiary/aromatic N) is 1. The topological polar surface area (TPSA) is 62.1 Å². The molecule has 156 valence electrons. The number of nitrogens with one attached hydrogen (secondary N) is 1. The van der Waals surface area contributed by atoms with Gasteiger partial charge >= 0.3 is 0 Å². The van der Waals surface area contributed by atoms with Crippen LogP contribution < -0.4 is 10.1 Å². The number of ether oxygens (including phenoxy) is 1. The van der Waals surface area contributed by atoms with Gasteiger partial charge in [0.15, 0.2) is 0 Å². The summed E-state index contributed by atoms with van der Waals surface area (Å²) >= 11 is 6.35. The van der Waals surface area contributed by atoms with E-state index in [1.54, 1.807) is 18.2 Å². The highest BCUT2D eigenvalue weighted by atomic mass is 35.5. The summed E-state index contributed by atoms with van der Waals surface area (Å²) < 4.78 is 5.80. The van der Waals surface area contributed by atoms with E-state index in [9.17, 15) is 10.1 Å². The first-order chi connectivity index (χ1) is 14.9. The number of hydrogen-bond donors (Lipinski definition) is 1. The number of aryl methyl sites for hydroxylation is 3. The lowest BCUT2D eigenvalue weighted by molar-refractivity contribution is -0.112. The van der Waals surface area contributed by atoms with Crippen LogP contribution in [0.4, 0.5) is 5.69 Å². The summed E-state index contributed by atoms with van der Waals surface area (Å²) in [6.45, 7) is 6.33. The quantitative estimate of drug-likeness (QED) is 0.364. The molecule has 0 atom stereocenters. The van der Waals surface area contributed by atoms with Crippen LogP contribution in [-0.4, -0.2) is 5.91 Å². The van der Waals surface area contributed by atoms with Crippen molar-refractivity contribution in [2.24, 2.45) is 0 Å². The maximum atomic E-state index is 12.6. The highest BCUT2D eigenvalue weighted by Crippen LogP contribution is 2.27. The zero-order valence-corrected chi connectivity index (χ0v) is 18.5. The molecule has 3 aromatic rings. The molecule has 0 radical (unpaired) electrons. The van der Waals surface area contributed by atoms with Crippen molar-refractivity contribution in [2.45, 2.75) is 27.4 Å². The Hall–Kier alpha value is -3.55. The van der Waals surface area contributed by atoms with Crippen LogP contribution >= 0.6 is 11.6 Å². The summed E-state index contributed by atoms with van der Waals surface area (Å²) in [5.41, 5.74) is 5.57. The van der Waals surface area contributed by atoms with Crippen LogP contribution in [0.1, 0.15) is 27.8 Å². The van der Waals surface area contributed by atoms with Crippen LogP contribution in [0.2, 0.25) is 5.02 Å². The summed E-state index contributed by atoms with van der Waals surface area (Å²) in [6.07, 6.45) is 1.51. The van der Waals surface area contributed by atoms with Gasteiger partial charge in [-0.1, -0.05) is 65.2 Å². The number of hydrogen-bond acceptors (Lipinski definition) is 3. The highest BCUT2D eigenvalue weighted by Gasteiger charge is 2.12. The maximum Gasteiger partial charge on any atom is 0.266 e. The minimum absolute atomic E-state index is 0.00985. The van der Waals surface area contributed by atoms with Gasteiger partial charge in [-0.3, -0.25) is 4.79 Å². The van der Waals surface area contributed by atoms with Gasteiger partial charge in [0.05, 0.1) is 5.02 Å². The average molecular weight is 431 g/mol. The number of benzene rings is 3. The fraction of sp³-hybridized carbons (Fsp3) is 0.154.